The Morgan fingerprint density at radius 1 is 1.04 bits per heavy atom. The average molecular weight is 362 g/mol. The molecule has 0 heterocycles. The number of nitrogens with zero attached hydrogens (tertiary/aromatic N) is 1. The molecule has 1 amide bonds. The highest BCUT2D eigenvalue weighted by Gasteiger charge is 2.16. The van der Waals surface area contributed by atoms with Gasteiger partial charge >= 0.3 is 0 Å². The molecule has 25 heavy (non-hydrogen) atoms. The van der Waals surface area contributed by atoms with Gasteiger partial charge in [0.15, 0.2) is 0 Å². The van der Waals surface area contributed by atoms with Crippen molar-refractivity contribution in [1.29, 1.82) is 0 Å². The van der Waals surface area contributed by atoms with Crippen molar-refractivity contribution in [2.24, 2.45) is 0 Å². The summed E-state index contributed by atoms with van der Waals surface area (Å²) in [5.74, 6) is 0.484. The van der Waals surface area contributed by atoms with Crippen LogP contribution in [0.25, 0.3) is 0 Å². The number of carbonyl (C=O) groups excluding carboxylic acids is 1. The Morgan fingerprint density at radius 2 is 1.68 bits per heavy atom. The fourth-order valence-electron chi connectivity index (χ4n) is 2.12. The van der Waals surface area contributed by atoms with Crippen molar-refractivity contribution in [3.8, 4) is 5.75 Å². The average Bonchev–Trinajstić information content (AvgIpc) is 2.60. The second-order valence-corrected chi connectivity index (χ2v) is 7.77. The van der Waals surface area contributed by atoms with E-state index in [0.29, 0.717) is 25.3 Å². The molecule has 0 aromatic heterocycles. The molecular weight excluding hydrogens is 340 g/mol. The predicted molar refractivity (Wildman–Crippen MR) is 96.0 cm³/mol. The molecule has 0 saturated heterocycles. The lowest BCUT2D eigenvalue weighted by atomic mass is 10.1. The van der Waals surface area contributed by atoms with Crippen molar-refractivity contribution >= 4 is 15.9 Å². The molecule has 2 aromatic carbocycles. The van der Waals surface area contributed by atoms with Gasteiger partial charge in [0.05, 0.1) is 17.9 Å². The number of sulfonamides is 1. The summed E-state index contributed by atoms with van der Waals surface area (Å²) < 4.78 is 30.6. The Morgan fingerprint density at radius 3 is 2.28 bits per heavy atom. The van der Waals surface area contributed by atoms with Crippen molar-refractivity contribution in [3.05, 3.63) is 60.2 Å². The van der Waals surface area contributed by atoms with E-state index in [-0.39, 0.29) is 10.8 Å². The van der Waals surface area contributed by atoms with Crippen LogP contribution in [-0.2, 0) is 21.2 Å². The molecule has 0 saturated carbocycles. The molecule has 7 heteroatoms. The summed E-state index contributed by atoms with van der Waals surface area (Å²) in [5, 5.41) is 2.79. The summed E-state index contributed by atoms with van der Waals surface area (Å²) in [4.78, 5) is 12.0. The minimum Gasteiger partial charge on any atom is -0.492 e. The molecule has 0 unspecified atom stereocenters. The number of rotatable bonds is 8. The van der Waals surface area contributed by atoms with E-state index in [1.54, 1.807) is 12.1 Å². The van der Waals surface area contributed by atoms with Crippen LogP contribution in [0.1, 0.15) is 5.56 Å². The van der Waals surface area contributed by atoms with Gasteiger partial charge in [0.1, 0.15) is 12.4 Å². The van der Waals surface area contributed by atoms with Crippen LogP contribution in [0.5, 0.6) is 5.75 Å². The zero-order valence-corrected chi connectivity index (χ0v) is 15.1. The van der Waals surface area contributed by atoms with Gasteiger partial charge in [-0.1, -0.05) is 30.3 Å². The van der Waals surface area contributed by atoms with Gasteiger partial charge in [-0.25, -0.2) is 12.7 Å². The summed E-state index contributed by atoms with van der Waals surface area (Å²) in [6.45, 7) is 0.684. The summed E-state index contributed by atoms with van der Waals surface area (Å²) in [7, 11) is -0.471. The third-order valence-electron chi connectivity index (χ3n) is 3.50. The van der Waals surface area contributed by atoms with Crippen LogP contribution >= 0.6 is 0 Å². The van der Waals surface area contributed by atoms with Crippen molar-refractivity contribution in [3.63, 3.8) is 0 Å². The molecule has 0 atom stereocenters. The molecular formula is C18H22N2O4S. The molecule has 1 N–H and O–H groups in total. The van der Waals surface area contributed by atoms with E-state index in [2.05, 4.69) is 5.32 Å². The number of nitrogens with one attached hydrogen (secondary N) is 1. The topological polar surface area (TPSA) is 75.7 Å². The lowest BCUT2D eigenvalue weighted by Gasteiger charge is -2.12. The predicted octanol–water partition coefficient (Wildman–Crippen LogP) is 1.67. The fourth-order valence-corrected chi connectivity index (χ4v) is 3.02. The molecule has 2 aromatic rings. The number of hydrogen-bond acceptors (Lipinski definition) is 4. The zero-order valence-electron chi connectivity index (χ0n) is 14.3. The van der Waals surface area contributed by atoms with Crippen LogP contribution in [0.15, 0.2) is 59.5 Å². The van der Waals surface area contributed by atoms with E-state index < -0.39 is 10.0 Å². The lowest BCUT2D eigenvalue weighted by Crippen LogP contribution is -2.29. The van der Waals surface area contributed by atoms with E-state index in [4.69, 9.17) is 4.74 Å². The highest BCUT2D eigenvalue weighted by molar-refractivity contribution is 7.89. The lowest BCUT2D eigenvalue weighted by molar-refractivity contribution is -0.120. The molecule has 134 valence electrons. The Kier molecular flexibility index (Phi) is 6.55. The minimum atomic E-state index is -3.44. The Labute approximate surface area is 148 Å². The summed E-state index contributed by atoms with van der Waals surface area (Å²) in [6.07, 6.45) is 0.331. The third kappa shape index (κ3) is 5.58. The van der Waals surface area contributed by atoms with Crippen molar-refractivity contribution in [2.75, 3.05) is 27.2 Å². The molecule has 0 aliphatic carbocycles. The van der Waals surface area contributed by atoms with Gasteiger partial charge in [-0.05, 0) is 29.8 Å². The maximum absolute atomic E-state index is 12.0. The van der Waals surface area contributed by atoms with Gasteiger partial charge < -0.3 is 10.1 Å². The SMILES string of the molecule is CN(C)S(=O)(=O)c1ccc(OCCNC(=O)Cc2ccccc2)cc1. The second-order valence-electron chi connectivity index (χ2n) is 5.62. The number of carbonyl (C=O) groups is 1. The van der Waals surface area contributed by atoms with E-state index in [9.17, 15) is 13.2 Å². The van der Waals surface area contributed by atoms with Crippen LogP contribution in [0.2, 0.25) is 0 Å². The Balaban J connectivity index is 1.76. The van der Waals surface area contributed by atoms with Gasteiger partial charge in [0.25, 0.3) is 0 Å². The summed E-state index contributed by atoms with van der Waals surface area (Å²) >= 11 is 0. The van der Waals surface area contributed by atoms with Gasteiger partial charge in [-0.2, -0.15) is 0 Å². The first-order valence-electron chi connectivity index (χ1n) is 7.85. The first-order chi connectivity index (χ1) is 11.9. The first kappa shape index (κ1) is 19.0. The molecule has 0 spiro atoms. The van der Waals surface area contributed by atoms with Gasteiger partial charge in [0, 0.05) is 14.1 Å². The molecule has 0 bridgehead atoms. The van der Waals surface area contributed by atoms with E-state index >= 15 is 0 Å². The quantitative estimate of drug-likeness (QED) is 0.725. The fraction of sp³-hybridized carbons (Fsp3) is 0.278. The van der Waals surface area contributed by atoms with Crippen LogP contribution in [0.4, 0.5) is 0 Å². The van der Waals surface area contributed by atoms with Crippen LogP contribution in [-0.4, -0.2) is 45.9 Å². The van der Waals surface area contributed by atoms with Gasteiger partial charge in [0.2, 0.25) is 15.9 Å². The molecule has 0 radical (unpaired) electrons. The van der Waals surface area contributed by atoms with E-state index in [1.165, 1.54) is 26.2 Å². The molecule has 0 aliphatic heterocycles. The second kappa shape index (κ2) is 8.64. The largest absolute Gasteiger partial charge is 0.492 e. The van der Waals surface area contributed by atoms with Crippen molar-refractivity contribution in [2.45, 2.75) is 11.3 Å². The van der Waals surface area contributed by atoms with E-state index in [1.807, 2.05) is 30.3 Å². The molecule has 2 rings (SSSR count). The number of ether oxygens (including phenoxy) is 1. The van der Waals surface area contributed by atoms with Crippen molar-refractivity contribution < 1.29 is 17.9 Å². The normalized spacial score (nSPS) is 11.3. The standard InChI is InChI=1S/C18H22N2O4S/c1-20(2)25(22,23)17-10-8-16(9-11-17)24-13-12-19-18(21)14-15-6-4-3-5-7-15/h3-11H,12-14H2,1-2H3,(H,19,21). The van der Waals surface area contributed by atoms with Gasteiger partial charge in [-0.15, -0.1) is 0 Å². The van der Waals surface area contributed by atoms with E-state index in [0.717, 1.165) is 9.87 Å². The molecule has 0 fully saturated rings. The summed E-state index contributed by atoms with van der Waals surface area (Å²) in [5.41, 5.74) is 0.957. The highest BCUT2D eigenvalue weighted by Crippen LogP contribution is 2.17. The van der Waals surface area contributed by atoms with Crippen LogP contribution in [0, 0.1) is 0 Å². The number of benzene rings is 2. The summed E-state index contributed by atoms with van der Waals surface area (Å²) in [6, 6.07) is 15.7. The van der Waals surface area contributed by atoms with Crippen molar-refractivity contribution in [1.82, 2.24) is 9.62 Å². The Bertz CT molecular complexity index is 788. The third-order valence-corrected chi connectivity index (χ3v) is 5.33. The molecule has 6 nitrogen and oxygen atoms in total. The monoisotopic (exact) mass is 362 g/mol. The smallest absolute Gasteiger partial charge is 0.242 e. The van der Waals surface area contributed by atoms with Crippen LogP contribution < -0.4 is 10.1 Å². The Hall–Kier alpha value is -2.38. The molecule has 0 aliphatic rings. The first-order valence-corrected chi connectivity index (χ1v) is 9.29. The van der Waals surface area contributed by atoms with Crippen LogP contribution in [0.3, 0.4) is 0 Å². The maximum atomic E-state index is 12.0. The number of amides is 1. The zero-order chi connectivity index (χ0) is 18.3. The number of hydrogen-bond donors (Lipinski definition) is 1. The maximum Gasteiger partial charge on any atom is 0.242 e. The van der Waals surface area contributed by atoms with Gasteiger partial charge in [-0.3, -0.25) is 4.79 Å². The highest BCUT2D eigenvalue weighted by atomic mass is 32.2. The minimum absolute atomic E-state index is 0.0674.